The van der Waals surface area contributed by atoms with E-state index in [1.807, 2.05) is 10.9 Å². The highest BCUT2D eigenvalue weighted by atomic mass is 16.5. The third-order valence-electron chi connectivity index (χ3n) is 1.64. The Kier molecular flexibility index (Phi) is 4.55. The van der Waals surface area contributed by atoms with Crippen molar-refractivity contribution in [3.63, 3.8) is 0 Å². The number of furan rings is 1. The second-order valence-corrected chi connectivity index (χ2v) is 2.82. The average Bonchev–Trinajstić information content (AvgIpc) is 2.86. The molecule has 1 heterocycles. The molecule has 0 aliphatic carbocycles. The largest absolute Gasteiger partial charge is 0.459 e. The summed E-state index contributed by atoms with van der Waals surface area (Å²) in [5.41, 5.74) is 3.98. The predicted molar refractivity (Wildman–Crippen MR) is 54.7 cm³/mol. The summed E-state index contributed by atoms with van der Waals surface area (Å²) in [6, 6.07) is 3.01. The van der Waals surface area contributed by atoms with Gasteiger partial charge in [-0.25, -0.2) is 10.2 Å². The van der Waals surface area contributed by atoms with Crippen LogP contribution in [0.5, 0.6) is 0 Å². The van der Waals surface area contributed by atoms with Gasteiger partial charge >= 0.3 is 6.09 Å². The topological polar surface area (TPSA) is 110 Å². The van der Waals surface area contributed by atoms with E-state index in [4.69, 9.17) is 4.42 Å². The average molecular weight is 241 g/mol. The standard InChI is InChI=1S/C9H11N3O5/c1-16-9(15)12-11-7(13)5-10-8(14)6-3-2-4-17-6/h2-4H,5H2,1H3,(H,10,14)(H,11,13)(H,12,15). The van der Waals surface area contributed by atoms with Gasteiger partial charge in [0, 0.05) is 0 Å². The lowest BCUT2D eigenvalue weighted by Crippen LogP contribution is -2.46. The monoisotopic (exact) mass is 241 g/mol. The highest BCUT2D eigenvalue weighted by Gasteiger charge is 2.10. The molecule has 1 aromatic heterocycles. The SMILES string of the molecule is COC(=O)NNC(=O)CNC(=O)c1ccco1. The van der Waals surface area contributed by atoms with Gasteiger partial charge in [0.25, 0.3) is 11.8 Å². The second kappa shape index (κ2) is 6.16. The molecule has 92 valence electrons. The third-order valence-corrected chi connectivity index (χ3v) is 1.64. The smallest absolute Gasteiger partial charge is 0.425 e. The first-order valence-electron chi connectivity index (χ1n) is 4.58. The van der Waals surface area contributed by atoms with Crippen molar-refractivity contribution in [1.29, 1.82) is 0 Å². The third kappa shape index (κ3) is 4.24. The molecule has 1 aromatic rings. The van der Waals surface area contributed by atoms with Gasteiger partial charge in [0.05, 0.1) is 19.9 Å². The summed E-state index contributed by atoms with van der Waals surface area (Å²) in [4.78, 5) is 33.0. The minimum atomic E-state index is -0.810. The van der Waals surface area contributed by atoms with E-state index in [1.54, 1.807) is 6.07 Å². The number of amides is 3. The quantitative estimate of drug-likeness (QED) is 0.612. The van der Waals surface area contributed by atoms with Crippen LogP contribution in [-0.4, -0.2) is 31.6 Å². The van der Waals surface area contributed by atoms with Gasteiger partial charge in [-0.05, 0) is 12.1 Å². The van der Waals surface area contributed by atoms with Gasteiger partial charge in [0.1, 0.15) is 0 Å². The number of hydrogen-bond donors (Lipinski definition) is 3. The molecule has 3 N–H and O–H groups in total. The molecule has 0 fully saturated rings. The van der Waals surface area contributed by atoms with Crippen molar-refractivity contribution in [3.8, 4) is 0 Å². The van der Waals surface area contributed by atoms with Gasteiger partial charge in [0.2, 0.25) is 0 Å². The maximum Gasteiger partial charge on any atom is 0.425 e. The first kappa shape index (κ1) is 12.6. The van der Waals surface area contributed by atoms with E-state index in [9.17, 15) is 14.4 Å². The van der Waals surface area contributed by atoms with Crippen LogP contribution in [0.3, 0.4) is 0 Å². The maximum atomic E-state index is 11.3. The molecule has 0 radical (unpaired) electrons. The van der Waals surface area contributed by atoms with E-state index in [-0.39, 0.29) is 12.3 Å². The minimum Gasteiger partial charge on any atom is -0.459 e. The highest BCUT2D eigenvalue weighted by Crippen LogP contribution is 1.98. The fourth-order valence-corrected chi connectivity index (χ4v) is 0.871. The van der Waals surface area contributed by atoms with Crippen LogP contribution >= 0.6 is 0 Å². The molecule has 0 saturated heterocycles. The molecule has 0 atom stereocenters. The molecule has 0 spiro atoms. The van der Waals surface area contributed by atoms with Gasteiger partial charge in [0.15, 0.2) is 5.76 Å². The number of rotatable bonds is 3. The van der Waals surface area contributed by atoms with Crippen molar-refractivity contribution >= 4 is 17.9 Å². The van der Waals surface area contributed by atoms with E-state index in [0.717, 1.165) is 7.11 Å². The summed E-state index contributed by atoms with van der Waals surface area (Å²) in [5, 5.41) is 2.29. The lowest BCUT2D eigenvalue weighted by atomic mass is 10.4. The van der Waals surface area contributed by atoms with Crippen LogP contribution < -0.4 is 16.2 Å². The van der Waals surface area contributed by atoms with E-state index in [1.165, 1.54) is 12.3 Å². The number of hydrogen-bond acceptors (Lipinski definition) is 5. The van der Waals surface area contributed by atoms with Crippen LogP contribution in [-0.2, 0) is 9.53 Å². The van der Waals surface area contributed by atoms with Crippen molar-refractivity contribution in [1.82, 2.24) is 16.2 Å². The molecule has 8 nitrogen and oxygen atoms in total. The Hall–Kier alpha value is -2.51. The number of carbonyl (C=O) groups is 3. The fraction of sp³-hybridized carbons (Fsp3) is 0.222. The Labute approximate surface area is 96.3 Å². The lowest BCUT2D eigenvalue weighted by molar-refractivity contribution is -0.120. The molecule has 0 aliphatic heterocycles. The van der Waals surface area contributed by atoms with Gasteiger partial charge in [-0.1, -0.05) is 0 Å². The highest BCUT2D eigenvalue weighted by molar-refractivity contribution is 5.94. The number of hydrazine groups is 1. The van der Waals surface area contributed by atoms with Crippen LogP contribution in [0.1, 0.15) is 10.6 Å². The zero-order chi connectivity index (χ0) is 12.7. The Morgan fingerprint density at radius 2 is 2.12 bits per heavy atom. The summed E-state index contributed by atoms with van der Waals surface area (Å²) < 4.78 is 9.03. The predicted octanol–water partition coefficient (Wildman–Crippen LogP) is -0.603. The molecule has 0 bridgehead atoms. The number of carbonyl (C=O) groups excluding carboxylic acids is 3. The van der Waals surface area contributed by atoms with Crippen molar-refractivity contribution in [2.45, 2.75) is 0 Å². The maximum absolute atomic E-state index is 11.3. The molecule has 0 unspecified atom stereocenters. The van der Waals surface area contributed by atoms with E-state index in [2.05, 4.69) is 10.1 Å². The Bertz CT molecular complexity index is 401. The summed E-state index contributed by atoms with van der Waals surface area (Å²) in [6.07, 6.45) is 0.532. The molecule has 17 heavy (non-hydrogen) atoms. The summed E-state index contributed by atoms with van der Waals surface area (Å²) in [7, 11) is 1.15. The van der Waals surface area contributed by atoms with Crippen LogP contribution in [0.2, 0.25) is 0 Å². The molecular formula is C9H11N3O5. The Balaban J connectivity index is 2.24. The minimum absolute atomic E-state index is 0.0960. The first-order valence-corrected chi connectivity index (χ1v) is 4.58. The van der Waals surface area contributed by atoms with E-state index >= 15 is 0 Å². The van der Waals surface area contributed by atoms with Crippen LogP contribution in [0.4, 0.5) is 4.79 Å². The zero-order valence-corrected chi connectivity index (χ0v) is 8.98. The molecular weight excluding hydrogens is 230 g/mol. The van der Waals surface area contributed by atoms with Gasteiger partial charge in [-0.15, -0.1) is 0 Å². The molecule has 0 aliphatic rings. The van der Waals surface area contributed by atoms with Crippen molar-refractivity contribution in [2.75, 3.05) is 13.7 Å². The number of ether oxygens (including phenoxy) is 1. The van der Waals surface area contributed by atoms with Gasteiger partial charge in [-0.2, -0.15) is 0 Å². The second-order valence-electron chi connectivity index (χ2n) is 2.82. The van der Waals surface area contributed by atoms with E-state index < -0.39 is 17.9 Å². The lowest BCUT2D eigenvalue weighted by Gasteiger charge is -2.06. The first-order chi connectivity index (χ1) is 8.13. The Morgan fingerprint density at radius 3 is 2.71 bits per heavy atom. The molecule has 1 rings (SSSR count). The Morgan fingerprint density at radius 1 is 1.35 bits per heavy atom. The fourth-order valence-electron chi connectivity index (χ4n) is 0.871. The molecule has 3 amide bonds. The van der Waals surface area contributed by atoms with Crippen LogP contribution in [0.25, 0.3) is 0 Å². The normalized spacial score (nSPS) is 9.24. The van der Waals surface area contributed by atoms with Crippen LogP contribution in [0.15, 0.2) is 22.8 Å². The molecule has 0 saturated carbocycles. The summed E-state index contributed by atoms with van der Waals surface area (Å²) >= 11 is 0. The van der Waals surface area contributed by atoms with Crippen molar-refractivity contribution < 1.29 is 23.5 Å². The van der Waals surface area contributed by atoms with Crippen LogP contribution in [0, 0.1) is 0 Å². The van der Waals surface area contributed by atoms with E-state index in [0.29, 0.717) is 0 Å². The zero-order valence-electron chi connectivity index (χ0n) is 8.98. The van der Waals surface area contributed by atoms with Gasteiger partial charge in [-0.3, -0.25) is 15.0 Å². The number of nitrogens with one attached hydrogen (secondary N) is 3. The van der Waals surface area contributed by atoms with Crippen molar-refractivity contribution in [2.24, 2.45) is 0 Å². The molecule has 8 heteroatoms. The van der Waals surface area contributed by atoms with Crippen molar-refractivity contribution in [3.05, 3.63) is 24.2 Å². The summed E-state index contributed by atoms with van der Waals surface area (Å²) in [5.74, 6) is -1.03. The number of methoxy groups -OCH3 is 1. The summed E-state index contributed by atoms with van der Waals surface area (Å²) in [6.45, 7) is -0.302. The van der Waals surface area contributed by atoms with Gasteiger partial charge < -0.3 is 14.5 Å². The molecule has 0 aromatic carbocycles.